The Morgan fingerprint density at radius 2 is 1.71 bits per heavy atom. The lowest BCUT2D eigenvalue weighted by molar-refractivity contribution is -0.0169. The van der Waals surface area contributed by atoms with Crippen LogP contribution in [0.1, 0.15) is 64.2 Å². The van der Waals surface area contributed by atoms with Crippen molar-refractivity contribution in [1.82, 2.24) is 20.2 Å². The van der Waals surface area contributed by atoms with Crippen LogP contribution in [-0.4, -0.2) is 53.1 Å². The smallest absolute Gasteiger partial charge is 0.315 e. The van der Waals surface area contributed by atoms with E-state index in [2.05, 4.69) is 15.6 Å². The standard InChI is InChI=1S/C24H38N4O3/c29-23(27-24-14-18-11-19(15-24)13-20(12-18)16-24)26-21-1-3-22(4-2-21)31-10-9-30-8-7-28-6-5-25-17-28/h5-6,17-22H,1-4,7-16H2,(H2,26,27,29). The molecule has 5 fully saturated rings. The number of imidazole rings is 1. The van der Waals surface area contributed by atoms with Gasteiger partial charge in [0, 0.05) is 30.5 Å². The van der Waals surface area contributed by atoms with Gasteiger partial charge in [0.2, 0.25) is 0 Å². The molecule has 0 unspecified atom stereocenters. The Kier molecular flexibility index (Phi) is 6.51. The Morgan fingerprint density at radius 3 is 2.35 bits per heavy atom. The van der Waals surface area contributed by atoms with Gasteiger partial charge in [0.1, 0.15) is 0 Å². The van der Waals surface area contributed by atoms with Crippen LogP contribution in [0.2, 0.25) is 0 Å². The molecule has 6 rings (SSSR count). The maximum Gasteiger partial charge on any atom is 0.315 e. The van der Waals surface area contributed by atoms with Crippen molar-refractivity contribution in [2.75, 3.05) is 19.8 Å². The first-order valence-corrected chi connectivity index (χ1v) is 12.4. The summed E-state index contributed by atoms with van der Waals surface area (Å²) in [4.78, 5) is 16.8. The van der Waals surface area contributed by atoms with Crippen molar-refractivity contribution in [2.24, 2.45) is 17.8 Å². The Balaban J connectivity index is 0.949. The third-order valence-corrected chi connectivity index (χ3v) is 8.06. The average Bonchev–Trinajstić information content (AvgIpc) is 3.24. The molecule has 172 valence electrons. The number of ether oxygens (including phenoxy) is 2. The predicted molar refractivity (Wildman–Crippen MR) is 118 cm³/mol. The van der Waals surface area contributed by atoms with E-state index in [1.165, 1.54) is 38.5 Å². The number of aromatic nitrogens is 2. The number of hydrogen-bond donors (Lipinski definition) is 2. The van der Waals surface area contributed by atoms with Gasteiger partial charge < -0.3 is 24.7 Å². The highest BCUT2D eigenvalue weighted by molar-refractivity contribution is 5.75. The summed E-state index contributed by atoms with van der Waals surface area (Å²) < 4.78 is 13.6. The lowest BCUT2D eigenvalue weighted by atomic mass is 9.53. The molecular formula is C24H38N4O3. The van der Waals surface area contributed by atoms with E-state index in [4.69, 9.17) is 9.47 Å². The van der Waals surface area contributed by atoms with Gasteiger partial charge in [0.25, 0.3) is 0 Å². The summed E-state index contributed by atoms with van der Waals surface area (Å²) >= 11 is 0. The zero-order chi connectivity index (χ0) is 21.1. The first kappa shape index (κ1) is 21.3. The molecule has 2 N–H and O–H groups in total. The fourth-order valence-corrected chi connectivity index (χ4v) is 7.06. The fourth-order valence-electron chi connectivity index (χ4n) is 7.06. The van der Waals surface area contributed by atoms with Crippen LogP contribution in [0.3, 0.4) is 0 Å². The highest BCUT2D eigenvalue weighted by Gasteiger charge is 2.51. The second-order valence-corrected chi connectivity index (χ2v) is 10.6. The van der Waals surface area contributed by atoms with E-state index in [1.54, 1.807) is 12.5 Å². The molecule has 0 radical (unpaired) electrons. The summed E-state index contributed by atoms with van der Waals surface area (Å²) in [6, 6.07) is 0.345. The van der Waals surface area contributed by atoms with Crippen molar-refractivity contribution in [1.29, 1.82) is 0 Å². The van der Waals surface area contributed by atoms with Gasteiger partial charge in [0.15, 0.2) is 0 Å². The van der Waals surface area contributed by atoms with E-state index in [9.17, 15) is 4.79 Å². The van der Waals surface area contributed by atoms with Gasteiger partial charge in [-0.3, -0.25) is 0 Å². The van der Waals surface area contributed by atoms with Gasteiger partial charge >= 0.3 is 6.03 Å². The number of rotatable bonds is 9. The van der Waals surface area contributed by atoms with E-state index in [0.717, 1.165) is 50.0 Å². The van der Waals surface area contributed by atoms with E-state index >= 15 is 0 Å². The normalized spacial score (nSPS) is 36.5. The quantitative estimate of drug-likeness (QED) is 0.588. The van der Waals surface area contributed by atoms with Crippen LogP contribution in [0.4, 0.5) is 4.79 Å². The maximum absolute atomic E-state index is 12.8. The molecule has 0 atom stereocenters. The fraction of sp³-hybridized carbons (Fsp3) is 0.833. The minimum Gasteiger partial charge on any atom is -0.377 e. The SMILES string of the molecule is O=C(NC1CCC(OCCOCCn2ccnc2)CC1)NC12CC3CC(CC(C3)C1)C2. The molecule has 2 amide bonds. The maximum atomic E-state index is 12.8. The number of urea groups is 1. The monoisotopic (exact) mass is 430 g/mol. The summed E-state index contributed by atoms with van der Waals surface area (Å²) in [7, 11) is 0. The largest absolute Gasteiger partial charge is 0.377 e. The number of carbonyl (C=O) groups excluding carboxylic acids is 1. The van der Waals surface area contributed by atoms with Gasteiger partial charge in [-0.1, -0.05) is 0 Å². The van der Waals surface area contributed by atoms with Crippen LogP contribution >= 0.6 is 0 Å². The van der Waals surface area contributed by atoms with E-state index in [-0.39, 0.29) is 17.6 Å². The molecule has 31 heavy (non-hydrogen) atoms. The molecular weight excluding hydrogens is 392 g/mol. The third-order valence-electron chi connectivity index (χ3n) is 8.06. The first-order valence-electron chi connectivity index (χ1n) is 12.4. The van der Waals surface area contributed by atoms with Crippen LogP contribution < -0.4 is 10.6 Å². The van der Waals surface area contributed by atoms with Crippen LogP contribution in [0, 0.1) is 17.8 Å². The van der Waals surface area contributed by atoms with Crippen molar-refractivity contribution < 1.29 is 14.3 Å². The number of hydrogen-bond acceptors (Lipinski definition) is 4. The first-order chi connectivity index (χ1) is 15.2. The zero-order valence-electron chi connectivity index (χ0n) is 18.6. The second-order valence-electron chi connectivity index (χ2n) is 10.6. The zero-order valence-corrected chi connectivity index (χ0v) is 18.6. The molecule has 1 aromatic rings. The van der Waals surface area contributed by atoms with Gasteiger partial charge in [-0.15, -0.1) is 0 Å². The molecule has 0 saturated heterocycles. The molecule has 1 aromatic heterocycles. The number of nitrogens with zero attached hydrogens (tertiary/aromatic N) is 2. The van der Waals surface area contributed by atoms with Crippen molar-refractivity contribution in [3.63, 3.8) is 0 Å². The molecule has 0 aromatic carbocycles. The average molecular weight is 431 g/mol. The molecule has 5 aliphatic rings. The van der Waals surface area contributed by atoms with Crippen molar-refractivity contribution in [2.45, 2.75) is 88.4 Å². The molecule has 1 heterocycles. The van der Waals surface area contributed by atoms with Crippen LogP contribution in [-0.2, 0) is 16.0 Å². The van der Waals surface area contributed by atoms with E-state index in [0.29, 0.717) is 25.9 Å². The summed E-state index contributed by atoms with van der Waals surface area (Å²) in [5.74, 6) is 2.57. The molecule has 5 saturated carbocycles. The number of carbonyl (C=O) groups is 1. The van der Waals surface area contributed by atoms with Gasteiger partial charge in [-0.05, 0) is 82.0 Å². The minimum atomic E-state index is 0.0672. The van der Waals surface area contributed by atoms with E-state index in [1.807, 2.05) is 10.8 Å². The van der Waals surface area contributed by atoms with Crippen molar-refractivity contribution in [3.05, 3.63) is 18.7 Å². The van der Waals surface area contributed by atoms with Crippen LogP contribution in [0.5, 0.6) is 0 Å². The van der Waals surface area contributed by atoms with Crippen molar-refractivity contribution >= 4 is 6.03 Å². The van der Waals surface area contributed by atoms with Crippen LogP contribution in [0.25, 0.3) is 0 Å². The lowest BCUT2D eigenvalue weighted by Crippen LogP contribution is -2.62. The van der Waals surface area contributed by atoms with Crippen LogP contribution in [0.15, 0.2) is 18.7 Å². The Hall–Kier alpha value is -1.60. The molecule has 0 aliphatic heterocycles. The van der Waals surface area contributed by atoms with Gasteiger partial charge in [0.05, 0.1) is 32.3 Å². The topological polar surface area (TPSA) is 77.4 Å². The lowest BCUT2D eigenvalue weighted by Gasteiger charge is -2.56. The molecule has 4 bridgehead atoms. The highest BCUT2D eigenvalue weighted by atomic mass is 16.5. The number of nitrogens with one attached hydrogen (secondary N) is 2. The summed E-state index contributed by atoms with van der Waals surface area (Å²) in [6.07, 6.45) is 17.7. The molecule has 7 nitrogen and oxygen atoms in total. The molecule has 0 spiro atoms. The summed E-state index contributed by atoms with van der Waals surface area (Å²) in [5.41, 5.74) is 0.0943. The van der Waals surface area contributed by atoms with Crippen molar-refractivity contribution in [3.8, 4) is 0 Å². The minimum absolute atomic E-state index is 0.0672. The predicted octanol–water partition coefficient (Wildman–Crippen LogP) is 3.50. The Morgan fingerprint density at radius 1 is 1.00 bits per heavy atom. The van der Waals surface area contributed by atoms with Gasteiger partial charge in [-0.2, -0.15) is 0 Å². The molecule has 5 aliphatic carbocycles. The Bertz CT molecular complexity index is 679. The Labute approximate surface area is 185 Å². The number of amides is 2. The molecule has 7 heteroatoms. The third kappa shape index (κ3) is 5.43. The summed E-state index contributed by atoms with van der Waals surface area (Å²) in [5, 5.41) is 6.72. The summed E-state index contributed by atoms with van der Waals surface area (Å²) in [6.45, 7) is 2.76. The second kappa shape index (κ2) is 9.49. The van der Waals surface area contributed by atoms with Gasteiger partial charge in [-0.25, -0.2) is 9.78 Å². The van der Waals surface area contributed by atoms with E-state index < -0.39 is 0 Å². The highest BCUT2D eigenvalue weighted by Crippen LogP contribution is 2.55.